The highest BCUT2D eigenvalue weighted by molar-refractivity contribution is 5.78. The number of nitriles is 1. The van der Waals surface area contributed by atoms with E-state index in [1.165, 1.54) is 0 Å². The van der Waals surface area contributed by atoms with E-state index in [4.69, 9.17) is 5.26 Å². The highest BCUT2D eigenvalue weighted by atomic mass is 16.3. The third kappa shape index (κ3) is 4.37. The molecule has 1 aromatic heterocycles. The Balaban J connectivity index is 1.24. The summed E-state index contributed by atoms with van der Waals surface area (Å²) >= 11 is 0. The number of benzene rings is 2. The predicted octanol–water partition coefficient (Wildman–Crippen LogP) is 3.46. The average Bonchev–Trinajstić information content (AvgIpc) is 3.38. The Bertz CT molecular complexity index is 1130. The SMILES string of the molecule is N#Cc1ccc(CN2C(=O)N(CC(O)CNc3nc4ccccc4[nH]3)[C@H]3CCCC[C@@H]32)cc1. The summed E-state index contributed by atoms with van der Waals surface area (Å²) in [5, 5.41) is 22.9. The van der Waals surface area contributed by atoms with Crippen molar-refractivity contribution in [2.75, 3.05) is 18.4 Å². The van der Waals surface area contributed by atoms with Gasteiger partial charge in [0.05, 0.1) is 47.4 Å². The normalized spacial score (nSPS) is 21.2. The number of carbonyl (C=O) groups is 1. The van der Waals surface area contributed by atoms with Crippen LogP contribution in [-0.2, 0) is 6.54 Å². The number of carbonyl (C=O) groups excluding carboxylic acids is 1. The number of imidazole rings is 1. The molecule has 0 radical (unpaired) electrons. The number of nitrogens with one attached hydrogen (secondary N) is 2. The molecule has 1 aliphatic heterocycles. The van der Waals surface area contributed by atoms with Gasteiger partial charge < -0.3 is 25.2 Å². The van der Waals surface area contributed by atoms with E-state index in [1.54, 1.807) is 12.1 Å². The third-order valence-corrected chi connectivity index (χ3v) is 6.72. The first kappa shape index (κ1) is 21.3. The molecule has 1 saturated carbocycles. The Kier molecular flexibility index (Phi) is 5.88. The molecule has 1 unspecified atom stereocenters. The number of urea groups is 1. The van der Waals surface area contributed by atoms with Gasteiger partial charge >= 0.3 is 6.03 Å². The molecule has 33 heavy (non-hydrogen) atoms. The molecule has 8 heteroatoms. The number of aromatic amines is 1. The van der Waals surface area contributed by atoms with Gasteiger partial charge in [0, 0.05) is 13.1 Å². The molecule has 2 aliphatic rings. The predicted molar refractivity (Wildman–Crippen MR) is 125 cm³/mol. The summed E-state index contributed by atoms with van der Waals surface area (Å²) in [5.74, 6) is 0.612. The van der Waals surface area contributed by atoms with Crippen molar-refractivity contribution in [3.63, 3.8) is 0 Å². The first-order valence-corrected chi connectivity index (χ1v) is 11.6. The zero-order valence-electron chi connectivity index (χ0n) is 18.4. The maximum absolute atomic E-state index is 13.4. The van der Waals surface area contributed by atoms with Crippen LogP contribution in [0.25, 0.3) is 11.0 Å². The van der Waals surface area contributed by atoms with Crippen molar-refractivity contribution in [1.29, 1.82) is 5.26 Å². The molecular weight excluding hydrogens is 416 g/mol. The van der Waals surface area contributed by atoms with E-state index in [0.717, 1.165) is 42.3 Å². The van der Waals surface area contributed by atoms with Crippen LogP contribution < -0.4 is 5.32 Å². The molecule has 2 amide bonds. The second-order valence-electron chi connectivity index (χ2n) is 8.93. The fourth-order valence-electron chi connectivity index (χ4n) is 5.09. The highest BCUT2D eigenvalue weighted by Gasteiger charge is 2.46. The molecular formula is C25H28N6O2. The fraction of sp³-hybridized carbons (Fsp3) is 0.400. The number of H-pyrrole nitrogens is 1. The van der Waals surface area contributed by atoms with Crippen LogP contribution in [0.2, 0.25) is 0 Å². The lowest BCUT2D eigenvalue weighted by molar-refractivity contribution is 0.114. The second kappa shape index (κ2) is 9.12. The van der Waals surface area contributed by atoms with Crippen molar-refractivity contribution in [2.45, 2.75) is 50.4 Å². The summed E-state index contributed by atoms with van der Waals surface area (Å²) < 4.78 is 0. The van der Waals surface area contributed by atoms with Gasteiger partial charge in [-0.3, -0.25) is 0 Å². The molecule has 8 nitrogen and oxygen atoms in total. The largest absolute Gasteiger partial charge is 0.389 e. The zero-order chi connectivity index (χ0) is 22.8. The summed E-state index contributed by atoms with van der Waals surface area (Å²) in [4.78, 5) is 24.9. The molecule has 2 fully saturated rings. The number of fused-ring (bicyclic) bond motifs is 2. The second-order valence-corrected chi connectivity index (χ2v) is 8.93. The molecule has 2 aromatic carbocycles. The topological polar surface area (TPSA) is 108 Å². The molecule has 0 bridgehead atoms. The van der Waals surface area contributed by atoms with Crippen molar-refractivity contribution in [1.82, 2.24) is 19.8 Å². The van der Waals surface area contributed by atoms with Gasteiger partial charge in [-0.15, -0.1) is 0 Å². The summed E-state index contributed by atoms with van der Waals surface area (Å²) in [6, 6.07) is 17.6. The summed E-state index contributed by atoms with van der Waals surface area (Å²) in [6.07, 6.45) is 3.45. The van der Waals surface area contributed by atoms with Crippen LogP contribution in [0.1, 0.15) is 36.8 Å². The number of β-amino-alcohol motifs (C(OH)–C–C–N with tert-alkyl or cyclic N) is 1. The number of rotatable bonds is 7. The quantitative estimate of drug-likeness (QED) is 0.517. The molecule has 170 valence electrons. The van der Waals surface area contributed by atoms with E-state index >= 15 is 0 Å². The van der Waals surface area contributed by atoms with Crippen LogP contribution >= 0.6 is 0 Å². The van der Waals surface area contributed by atoms with Crippen molar-refractivity contribution in [3.8, 4) is 6.07 Å². The Morgan fingerprint density at radius 2 is 1.85 bits per heavy atom. The van der Waals surface area contributed by atoms with Gasteiger partial charge in [0.2, 0.25) is 5.95 Å². The number of aliphatic hydroxyl groups excluding tert-OH is 1. The number of nitrogens with zero attached hydrogens (tertiary/aromatic N) is 4. The van der Waals surface area contributed by atoms with Crippen LogP contribution in [-0.4, -0.2) is 62.2 Å². The van der Waals surface area contributed by atoms with Gasteiger partial charge in [0.1, 0.15) is 0 Å². The van der Waals surface area contributed by atoms with Gasteiger partial charge in [-0.25, -0.2) is 9.78 Å². The highest BCUT2D eigenvalue weighted by Crippen LogP contribution is 2.35. The summed E-state index contributed by atoms with van der Waals surface area (Å²) in [5.41, 5.74) is 3.43. The van der Waals surface area contributed by atoms with Crippen LogP contribution in [0.4, 0.5) is 10.7 Å². The van der Waals surface area contributed by atoms with Crippen molar-refractivity contribution < 1.29 is 9.90 Å². The Morgan fingerprint density at radius 3 is 2.58 bits per heavy atom. The minimum atomic E-state index is -0.709. The molecule has 3 N–H and O–H groups in total. The van der Waals surface area contributed by atoms with E-state index in [2.05, 4.69) is 21.4 Å². The molecule has 5 rings (SSSR count). The zero-order valence-corrected chi connectivity index (χ0v) is 18.4. The standard InChI is InChI=1S/C25H28N6O2/c26-13-17-9-11-18(12-10-17)15-30-22-7-3-4-8-23(22)31(25(30)33)16-19(32)14-27-24-28-20-5-1-2-6-21(20)29-24/h1-2,5-6,9-12,19,22-23,32H,3-4,7-8,14-16H2,(H2,27,28,29)/t19?,22-,23-/m0/s1. The van der Waals surface area contributed by atoms with Crippen LogP contribution in [0.5, 0.6) is 0 Å². The number of hydrogen-bond donors (Lipinski definition) is 3. The van der Waals surface area contributed by atoms with E-state index in [1.807, 2.05) is 46.2 Å². The lowest BCUT2D eigenvalue weighted by Gasteiger charge is -2.32. The molecule has 2 heterocycles. The monoisotopic (exact) mass is 444 g/mol. The van der Waals surface area contributed by atoms with E-state index in [0.29, 0.717) is 24.6 Å². The number of aromatic nitrogens is 2. The number of anilines is 1. The number of para-hydroxylation sites is 2. The van der Waals surface area contributed by atoms with E-state index < -0.39 is 6.10 Å². The first-order valence-electron chi connectivity index (χ1n) is 11.6. The minimum Gasteiger partial charge on any atom is -0.389 e. The van der Waals surface area contributed by atoms with Gasteiger partial charge in [-0.1, -0.05) is 37.1 Å². The third-order valence-electron chi connectivity index (χ3n) is 6.72. The number of amides is 2. The molecule has 1 aliphatic carbocycles. The van der Waals surface area contributed by atoms with E-state index in [9.17, 15) is 9.90 Å². The van der Waals surface area contributed by atoms with Gasteiger partial charge in [0.25, 0.3) is 0 Å². The molecule has 1 saturated heterocycles. The lowest BCUT2D eigenvalue weighted by atomic mass is 9.90. The number of aliphatic hydroxyl groups is 1. The Hall–Kier alpha value is -3.57. The summed E-state index contributed by atoms with van der Waals surface area (Å²) in [7, 11) is 0. The Morgan fingerprint density at radius 1 is 1.12 bits per heavy atom. The molecule has 0 spiro atoms. The maximum atomic E-state index is 13.4. The molecule has 3 aromatic rings. The fourth-order valence-corrected chi connectivity index (χ4v) is 5.09. The smallest absolute Gasteiger partial charge is 0.321 e. The van der Waals surface area contributed by atoms with E-state index in [-0.39, 0.29) is 24.7 Å². The number of hydrogen-bond acceptors (Lipinski definition) is 5. The lowest BCUT2D eigenvalue weighted by Crippen LogP contribution is -2.44. The molecule has 3 atom stereocenters. The van der Waals surface area contributed by atoms with Crippen molar-refractivity contribution in [2.24, 2.45) is 0 Å². The van der Waals surface area contributed by atoms with Crippen molar-refractivity contribution >= 4 is 23.0 Å². The van der Waals surface area contributed by atoms with Gasteiger partial charge in [0.15, 0.2) is 0 Å². The van der Waals surface area contributed by atoms with Crippen LogP contribution in [0.15, 0.2) is 48.5 Å². The van der Waals surface area contributed by atoms with Gasteiger partial charge in [-0.2, -0.15) is 5.26 Å². The Labute approximate surface area is 192 Å². The van der Waals surface area contributed by atoms with Crippen LogP contribution in [0, 0.1) is 11.3 Å². The van der Waals surface area contributed by atoms with Crippen LogP contribution in [0.3, 0.4) is 0 Å². The van der Waals surface area contributed by atoms with Gasteiger partial charge in [-0.05, 0) is 42.7 Å². The maximum Gasteiger partial charge on any atom is 0.321 e. The summed E-state index contributed by atoms with van der Waals surface area (Å²) in [6.45, 7) is 1.11. The minimum absolute atomic E-state index is 0.0148. The van der Waals surface area contributed by atoms with Crippen molar-refractivity contribution in [3.05, 3.63) is 59.7 Å². The average molecular weight is 445 g/mol. The first-order chi connectivity index (χ1) is 16.1.